The van der Waals surface area contributed by atoms with Gasteiger partial charge in [-0.3, -0.25) is 4.79 Å². The zero-order valence-electron chi connectivity index (χ0n) is 12.9. The van der Waals surface area contributed by atoms with Crippen LogP contribution in [-0.2, 0) is 11.3 Å². The second-order valence-corrected chi connectivity index (χ2v) is 5.60. The molecule has 112 valence electrons. The van der Waals surface area contributed by atoms with E-state index in [1.807, 2.05) is 46.0 Å². The van der Waals surface area contributed by atoms with E-state index < -0.39 is 0 Å². The Balaban J connectivity index is 2.70. The number of amides is 1. The molecular formula is C15H24N2O3. The monoisotopic (exact) mass is 280 g/mol. The molecule has 0 saturated carbocycles. The van der Waals surface area contributed by atoms with E-state index in [0.29, 0.717) is 11.5 Å². The number of hydrogen-bond acceptors (Lipinski definition) is 4. The van der Waals surface area contributed by atoms with Crippen LogP contribution in [0.25, 0.3) is 0 Å². The van der Waals surface area contributed by atoms with Crippen molar-refractivity contribution >= 4 is 5.91 Å². The van der Waals surface area contributed by atoms with E-state index in [2.05, 4.69) is 10.6 Å². The molecule has 0 unspecified atom stereocenters. The molecule has 0 saturated heterocycles. The molecule has 1 rings (SSSR count). The van der Waals surface area contributed by atoms with Crippen molar-refractivity contribution in [2.75, 3.05) is 20.8 Å². The molecule has 5 heteroatoms. The van der Waals surface area contributed by atoms with Gasteiger partial charge in [0, 0.05) is 12.1 Å². The normalized spacial score (nSPS) is 11.1. The first-order valence-electron chi connectivity index (χ1n) is 6.61. The van der Waals surface area contributed by atoms with Crippen molar-refractivity contribution in [1.29, 1.82) is 0 Å². The Morgan fingerprint density at radius 1 is 1.25 bits per heavy atom. The number of carbonyl (C=O) groups is 1. The first-order valence-corrected chi connectivity index (χ1v) is 6.61. The van der Waals surface area contributed by atoms with Crippen LogP contribution in [0.4, 0.5) is 0 Å². The van der Waals surface area contributed by atoms with Crippen molar-refractivity contribution in [3.05, 3.63) is 23.8 Å². The lowest BCUT2D eigenvalue weighted by atomic mass is 10.1. The van der Waals surface area contributed by atoms with Crippen LogP contribution in [0.3, 0.4) is 0 Å². The predicted molar refractivity (Wildman–Crippen MR) is 79.1 cm³/mol. The maximum atomic E-state index is 11.8. The fourth-order valence-corrected chi connectivity index (χ4v) is 1.75. The van der Waals surface area contributed by atoms with Crippen LogP contribution < -0.4 is 20.1 Å². The first-order chi connectivity index (χ1) is 9.35. The molecule has 0 aliphatic carbocycles. The number of methoxy groups -OCH3 is 1. The average Bonchev–Trinajstić information content (AvgIpc) is 2.35. The molecular weight excluding hydrogens is 256 g/mol. The molecule has 0 radical (unpaired) electrons. The van der Waals surface area contributed by atoms with Crippen LogP contribution in [0.15, 0.2) is 18.2 Å². The quantitative estimate of drug-likeness (QED) is 0.833. The van der Waals surface area contributed by atoms with E-state index in [1.165, 1.54) is 0 Å². The standard InChI is InChI=1S/C15H24N2O3/c1-15(2,3)17-14(18)10-20-13-8-11(9-16-4)6-7-12(13)19-5/h6-8,16H,9-10H2,1-5H3,(H,17,18). The molecule has 1 amide bonds. The molecule has 0 atom stereocenters. The molecule has 2 N–H and O–H groups in total. The number of rotatable bonds is 6. The molecule has 0 fully saturated rings. The molecule has 1 aromatic carbocycles. The molecule has 0 bridgehead atoms. The number of carbonyl (C=O) groups excluding carboxylic acids is 1. The van der Waals surface area contributed by atoms with Crippen molar-refractivity contribution in [2.45, 2.75) is 32.9 Å². The van der Waals surface area contributed by atoms with Crippen LogP contribution in [-0.4, -0.2) is 32.2 Å². The average molecular weight is 280 g/mol. The third-order valence-electron chi connectivity index (χ3n) is 2.48. The summed E-state index contributed by atoms with van der Waals surface area (Å²) >= 11 is 0. The Labute approximate surface area is 120 Å². The van der Waals surface area contributed by atoms with Gasteiger partial charge in [-0.05, 0) is 45.5 Å². The van der Waals surface area contributed by atoms with Gasteiger partial charge in [0.05, 0.1) is 7.11 Å². The van der Waals surface area contributed by atoms with Crippen LogP contribution in [0, 0.1) is 0 Å². The van der Waals surface area contributed by atoms with Crippen LogP contribution >= 0.6 is 0 Å². The largest absolute Gasteiger partial charge is 0.493 e. The summed E-state index contributed by atoms with van der Waals surface area (Å²) in [6.07, 6.45) is 0. The lowest BCUT2D eigenvalue weighted by Gasteiger charge is -2.20. The highest BCUT2D eigenvalue weighted by atomic mass is 16.5. The lowest BCUT2D eigenvalue weighted by Crippen LogP contribution is -2.43. The number of benzene rings is 1. The summed E-state index contributed by atoms with van der Waals surface area (Å²) in [7, 11) is 3.46. The Morgan fingerprint density at radius 3 is 2.50 bits per heavy atom. The molecule has 5 nitrogen and oxygen atoms in total. The molecule has 20 heavy (non-hydrogen) atoms. The summed E-state index contributed by atoms with van der Waals surface area (Å²) in [5, 5.41) is 5.92. The van der Waals surface area contributed by atoms with Gasteiger partial charge in [-0.25, -0.2) is 0 Å². The number of nitrogens with one attached hydrogen (secondary N) is 2. The van der Waals surface area contributed by atoms with Gasteiger partial charge in [0.2, 0.25) is 0 Å². The predicted octanol–water partition coefficient (Wildman–Crippen LogP) is 1.71. The Bertz CT molecular complexity index is 453. The topological polar surface area (TPSA) is 59.6 Å². The second kappa shape index (κ2) is 7.14. The summed E-state index contributed by atoms with van der Waals surface area (Å²) in [6, 6.07) is 5.67. The SMILES string of the molecule is CNCc1ccc(OC)c(OCC(=O)NC(C)(C)C)c1. The molecule has 0 heterocycles. The minimum Gasteiger partial charge on any atom is -0.493 e. The Morgan fingerprint density at radius 2 is 1.95 bits per heavy atom. The van der Waals surface area contributed by atoms with E-state index in [0.717, 1.165) is 12.1 Å². The van der Waals surface area contributed by atoms with Crippen molar-refractivity contribution in [3.8, 4) is 11.5 Å². The second-order valence-electron chi connectivity index (χ2n) is 5.60. The van der Waals surface area contributed by atoms with Crippen LogP contribution in [0.1, 0.15) is 26.3 Å². The smallest absolute Gasteiger partial charge is 0.258 e. The van der Waals surface area contributed by atoms with Gasteiger partial charge in [0.15, 0.2) is 18.1 Å². The van der Waals surface area contributed by atoms with Crippen molar-refractivity contribution in [1.82, 2.24) is 10.6 Å². The summed E-state index contributed by atoms with van der Waals surface area (Å²) in [5.41, 5.74) is 0.804. The fourth-order valence-electron chi connectivity index (χ4n) is 1.75. The Kier molecular flexibility index (Phi) is 5.82. The summed E-state index contributed by atoms with van der Waals surface area (Å²) < 4.78 is 10.8. The molecule has 1 aromatic rings. The van der Waals surface area contributed by atoms with E-state index in [9.17, 15) is 4.79 Å². The third kappa shape index (κ3) is 5.48. The van der Waals surface area contributed by atoms with E-state index in [-0.39, 0.29) is 18.1 Å². The van der Waals surface area contributed by atoms with Gasteiger partial charge in [-0.15, -0.1) is 0 Å². The third-order valence-corrected chi connectivity index (χ3v) is 2.48. The van der Waals surface area contributed by atoms with Gasteiger partial charge in [-0.1, -0.05) is 6.07 Å². The van der Waals surface area contributed by atoms with Crippen molar-refractivity contribution in [2.24, 2.45) is 0 Å². The minimum absolute atomic E-state index is 0.0311. The lowest BCUT2D eigenvalue weighted by molar-refractivity contribution is -0.124. The molecule has 0 aromatic heterocycles. The molecule has 0 spiro atoms. The molecule has 0 aliphatic rings. The maximum Gasteiger partial charge on any atom is 0.258 e. The van der Waals surface area contributed by atoms with E-state index in [4.69, 9.17) is 9.47 Å². The van der Waals surface area contributed by atoms with Crippen molar-refractivity contribution < 1.29 is 14.3 Å². The van der Waals surface area contributed by atoms with Gasteiger partial charge in [0.1, 0.15) is 0 Å². The minimum atomic E-state index is -0.265. The van der Waals surface area contributed by atoms with E-state index >= 15 is 0 Å². The summed E-state index contributed by atoms with van der Waals surface area (Å²) in [6.45, 7) is 6.49. The fraction of sp³-hybridized carbons (Fsp3) is 0.533. The van der Waals surface area contributed by atoms with E-state index in [1.54, 1.807) is 7.11 Å². The van der Waals surface area contributed by atoms with Gasteiger partial charge >= 0.3 is 0 Å². The summed E-state index contributed by atoms with van der Waals surface area (Å²) in [4.78, 5) is 11.8. The highest BCUT2D eigenvalue weighted by Crippen LogP contribution is 2.28. The zero-order chi connectivity index (χ0) is 15.2. The first kappa shape index (κ1) is 16.3. The van der Waals surface area contributed by atoms with Crippen LogP contribution in [0.5, 0.6) is 11.5 Å². The van der Waals surface area contributed by atoms with Gasteiger partial charge in [-0.2, -0.15) is 0 Å². The molecule has 0 aliphatic heterocycles. The summed E-state index contributed by atoms with van der Waals surface area (Å²) in [5.74, 6) is 1.04. The zero-order valence-corrected chi connectivity index (χ0v) is 12.9. The number of ether oxygens (including phenoxy) is 2. The maximum absolute atomic E-state index is 11.8. The highest BCUT2D eigenvalue weighted by molar-refractivity contribution is 5.78. The van der Waals surface area contributed by atoms with Gasteiger partial charge in [0.25, 0.3) is 5.91 Å². The van der Waals surface area contributed by atoms with Gasteiger partial charge < -0.3 is 20.1 Å². The highest BCUT2D eigenvalue weighted by Gasteiger charge is 2.15. The Hall–Kier alpha value is -1.75. The van der Waals surface area contributed by atoms with Crippen molar-refractivity contribution in [3.63, 3.8) is 0 Å². The number of hydrogen-bond donors (Lipinski definition) is 2. The van der Waals surface area contributed by atoms with Crippen LogP contribution in [0.2, 0.25) is 0 Å².